The highest BCUT2D eigenvalue weighted by Gasteiger charge is 2.07. The van der Waals surface area contributed by atoms with Gasteiger partial charge in [-0.3, -0.25) is 4.79 Å². The van der Waals surface area contributed by atoms with Crippen molar-refractivity contribution < 1.29 is 19.0 Å². The Bertz CT molecular complexity index is 393. The fraction of sp³-hybridized carbons (Fsp3) is 0.462. The van der Waals surface area contributed by atoms with Crippen LogP contribution in [0.5, 0.6) is 11.5 Å². The van der Waals surface area contributed by atoms with E-state index in [1.807, 2.05) is 18.2 Å². The molecule has 0 bridgehead atoms. The molecular weight excluding hydrogens is 234 g/mol. The number of hydrogen-bond acceptors (Lipinski definition) is 5. The predicted octanol–water partition coefficient (Wildman–Crippen LogP) is 1.14. The normalized spacial score (nSPS) is 9.94. The molecule has 0 saturated carbocycles. The van der Waals surface area contributed by atoms with Crippen molar-refractivity contribution in [3.8, 4) is 11.5 Å². The van der Waals surface area contributed by atoms with Crippen LogP contribution < -0.4 is 15.2 Å². The van der Waals surface area contributed by atoms with Crippen LogP contribution in [0.4, 0.5) is 0 Å². The second-order valence-corrected chi connectivity index (χ2v) is 3.70. The first kappa shape index (κ1) is 14.3. The zero-order valence-corrected chi connectivity index (χ0v) is 10.8. The van der Waals surface area contributed by atoms with E-state index in [9.17, 15) is 4.79 Å². The van der Waals surface area contributed by atoms with Gasteiger partial charge in [0.1, 0.15) is 0 Å². The summed E-state index contributed by atoms with van der Waals surface area (Å²) in [5.74, 6) is 0.958. The largest absolute Gasteiger partial charge is 0.493 e. The third-order valence-electron chi connectivity index (χ3n) is 2.45. The first-order valence-corrected chi connectivity index (χ1v) is 5.78. The summed E-state index contributed by atoms with van der Waals surface area (Å²) >= 11 is 0. The third-order valence-corrected chi connectivity index (χ3v) is 2.45. The molecule has 0 unspecified atom stereocenters. The van der Waals surface area contributed by atoms with E-state index in [4.69, 9.17) is 15.2 Å². The standard InChI is InChI=1S/C13H19NO4/c1-16-11-4-3-10(5-7-14)9-12(11)18-8-6-13(15)17-2/h3-4,9H,5-8,14H2,1-2H3. The van der Waals surface area contributed by atoms with Gasteiger partial charge in [-0.25, -0.2) is 0 Å². The van der Waals surface area contributed by atoms with E-state index in [-0.39, 0.29) is 19.0 Å². The highest BCUT2D eigenvalue weighted by Crippen LogP contribution is 2.28. The average molecular weight is 253 g/mol. The topological polar surface area (TPSA) is 70.8 Å². The van der Waals surface area contributed by atoms with E-state index in [0.717, 1.165) is 12.0 Å². The van der Waals surface area contributed by atoms with Crippen LogP contribution in [0.1, 0.15) is 12.0 Å². The molecule has 18 heavy (non-hydrogen) atoms. The Morgan fingerprint density at radius 3 is 2.67 bits per heavy atom. The molecule has 2 N–H and O–H groups in total. The number of esters is 1. The maximum atomic E-state index is 11.0. The van der Waals surface area contributed by atoms with Crippen LogP contribution in [0.15, 0.2) is 18.2 Å². The van der Waals surface area contributed by atoms with Crippen LogP contribution in [0, 0.1) is 0 Å². The van der Waals surface area contributed by atoms with Crippen molar-refractivity contribution in [2.75, 3.05) is 27.4 Å². The number of hydrogen-bond donors (Lipinski definition) is 1. The second kappa shape index (κ2) is 7.55. The van der Waals surface area contributed by atoms with E-state index in [1.165, 1.54) is 7.11 Å². The summed E-state index contributed by atoms with van der Waals surface area (Å²) < 4.78 is 15.3. The van der Waals surface area contributed by atoms with Crippen molar-refractivity contribution in [2.45, 2.75) is 12.8 Å². The molecule has 0 aliphatic carbocycles. The minimum atomic E-state index is -0.299. The van der Waals surface area contributed by atoms with E-state index in [0.29, 0.717) is 18.0 Å². The summed E-state index contributed by atoms with van der Waals surface area (Å²) in [7, 11) is 2.93. The van der Waals surface area contributed by atoms with Gasteiger partial charge in [0, 0.05) is 0 Å². The minimum absolute atomic E-state index is 0.209. The van der Waals surface area contributed by atoms with Crippen molar-refractivity contribution in [3.05, 3.63) is 23.8 Å². The van der Waals surface area contributed by atoms with Crippen LogP contribution in [0.25, 0.3) is 0 Å². The van der Waals surface area contributed by atoms with Gasteiger partial charge in [0.25, 0.3) is 0 Å². The zero-order valence-electron chi connectivity index (χ0n) is 10.8. The van der Waals surface area contributed by atoms with Crippen molar-refractivity contribution in [3.63, 3.8) is 0 Å². The van der Waals surface area contributed by atoms with Crippen molar-refractivity contribution >= 4 is 5.97 Å². The van der Waals surface area contributed by atoms with Crippen LogP contribution in [-0.4, -0.2) is 33.3 Å². The van der Waals surface area contributed by atoms with Gasteiger partial charge in [-0.15, -0.1) is 0 Å². The Kier molecular flexibility index (Phi) is 6.00. The lowest BCUT2D eigenvalue weighted by molar-refractivity contribution is -0.141. The molecule has 100 valence electrons. The Morgan fingerprint density at radius 2 is 2.06 bits per heavy atom. The number of ether oxygens (including phenoxy) is 3. The highest BCUT2D eigenvalue weighted by atomic mass is 16.5. The Labute approximate surface area is 107 Å². The van der Waals surface area contributed by atoms with Gasteiger partial charge in [0.05, 0.1) is 27.2 Å². The van der Waals surface area contributed by atoms with Gasteiger partial charge >= 0.3 is 5.97 Å². The van der Waals surface area contributed by atoms with Gasteiger partial charge in [-0.05, 0) is 30.7 Å². The van der Waals surface area contributed by atoms with E-state index < -0.39 is 0 Å². The monoisotopic (exact) mass is 253 g/mol. The molecule has 0 aliphatic rings. The fourth-order valence-electron chi connectivity index (χ4n) is 1.50. The average Bonchev–Trinajstić information content (AvgIpc) is 2.39. The molecule has 0 aliphatic heterocycles. The first-order valence-electron chi connectivity index (χ1n) is 5.78. The molecule has 1 aromatic rings. The Morgan fingerprint density at radius 1 is 1.28 bits per heavy atom. The second-order valence-electron chi connectivity index (χ2n) is 3.70. The summed E-state index contributed by atoms with van der Waals surface area (Å²) in [6.45, 7) is 0.836. The molecule has 5 nitrogen and oxygen atoms in total. The smallest absolute Gasteiger partial charge is 0.308 e. The summed E-state index contributed by atoms with van der Waals surface area (Å²) in [5.41, 5.74) is 6.58. The molecule has 0 fully saturated rings. The summed E-state index contributed by atoms with van der Waals surface area (Å²) in [4.78, 5) is 11.0. The van der Waals surface area contributed by atoms with Crippen molar-refractivity contribution in [1.82, 2.24) is 0 Å². The van der Waals surface area contributed by atoms with E-state index >= 15 is 0 Å². The van der Waals surface area contributed by atoms with Crippen LogP contribution in [-0.2, 0) is 16.0 Å². The molecule has 1 aromatic carbocycles. The highest BCUT2D eigenvalue weighted by molar-refractivity contribution is 5.69. The summed E-state index contributed by atoms with van der Waals surface area (Å²) in [5, 5.41) is 0. The lowest BCUT2D eigenvalue weighted by Crippen LogP contribution is -2.08. The number of methoxy groups -OCH3 is 2. The Balaban J connectivity index is 2.65. The fourth-order valence-corrected chi connectivity index (χ4v) is 1.50. The molecule has 0 atom stereocenters. The SMILES string of the molecule is COC(=O)CCOc1cc(CCN)ccc1OC. The lowest BCUT2D eigenvalue weighted by atomic mass is 10.1. The molecule has 1 rings (SSSR count). The Hall–Kier alpha value is -1.75. The van der Waals surface area contributed by atoms with Crippen molar-refractivity contribution in [2.24, 2.45) is 5.73 Å². The summed E-state index contributed by atoms with van der Waals surface area (Å²) in [6.07, 6.45) is 0.984. The van der Waals surface area contributed by atoms with Gasteiger partial charge in [-0.2, -0.15) is 0 Å². The molecule has 5 heteroatoms. The number of nitrogens with two attached hydrogens (primary N) is 1. The van der Waals surface area contributed by atoms with Crippen molar-refractivity contribution in [1.29, 1.82) is 0 Å². The molecular formula is C13H19NO4. The molecule has 0 saturated heterocycles. The number of rotatable bonds is 7. The van der Waals surface area contributed by atoms with Gasteiger partial charge < -0.3 is 19.9 Å². The number of benzene rings is 1. The number of carbonyl (C=O) groups excluding carboxylic acids is 1. The van der Waals surface area contributed by atoms with Crippen LogP contribution in [0.3, 0.4) is 0 Å². The molecule has 0 spiro atoms. The van der Waals surface area contributed by atoms with Crippen LogP contribution >= 0.6 is 0 Å². The van der Waals surface area contributed by atoms with Gasteiger partial charge in [0.15, 0.2) is 11.5 Å². The number of carbonyl (C=O) groups is 1. The first-order chi connectivity index (χ1) is 8.71. The van der Waals surface area contributed by atoms with E-state index in [1.54, 1.807) is 7.11 Å². The molecule has 0 radical (unpaired) electrons. The summed E-state index contributed by atoms with van der Waals surface area (Å²) in [6, 6.07) is 5.65. The maximum Gasteiger partial charge on any atom is 0.308 e. The lowest BCUT2D eigenvalue weighted by Gasteiger charge is -2.11. The molecule has 0 heterocycles. The van der Waals surface area contributed by atoms with E-state index in [2.05, 4.69) is 4.74 Å². The molecule has 0 aromatic heterocycles. The molecule has 0 amide bonds. The third kappa shape index (κ3) is 4.25. The van der Waals surface area contributed by atoms with Gasteiger partial charge in [-0.1, -0.05) is 6.07 Å². The zero-order chi connectivity index (χ0) is 13.4. The quantitative estimate of drug-likeness (QED) is 0.738. The minimum Gasteiger partial charge on any atom is -0.493 e. The predicted molar refractivity (Wildman–Crippen MR) is 67.9 cm³/mol. The maximum absolute atomic E-state index is 11.0. The van der Waals surface area contributed by atoms with Gasteiger partial charge in [0.2, 0.25) is 0 Å². The van der Waals surface area contributed by atoms with Crippen LogP contribution in [0.2, 0.25) is 0 Å².